The summed E-state index contributed by atoms with van der Waals surface area (Å²) in [4.78, 5) is 61.5. The van der Waals surface area contributed by atoms with E-state index in [4.69, 9.17) is 21.1 Å². The number of carbonyl (C=O) groups is 4. The van der Waals surface area contributed by atoms with Gasteiger partial charge in [-0.1, -0.05) is 30.7 Å². The first-order valence-corrected chi connectivity index (χ1v) is 13.8. The molecule has 1 aliphatic rings. The molecule has 3 amide bonds. The van der Waals surface area contributed by atoms with Gasteiger partial charge in [0.05, 0.1) is 27.0 Å². The maximum absolute atomic E-state index is 12.9. The van der Waals surface area contributed by atoms with Crippen LogP contribution < -0.4 is 10.1 Å². The minimum absolute atomic E-state index is 0.00492. The molecule has 13 heteroatoms. The van der Waals surface area contributed by atoms with E-state index in [1.54, 1.807) is 36.4 Å². The fourth-order valence-corrected chi connectivity index (χ4v) is 4.74. The van der Waals surface area contributed by atoms with E-state index < -0.39 is 34.5 Å². The largest absolute Gasteiger partial charge is 0.489 e. The summed E-state index contributed by atoms with van der Waals surface area (Å²) in [6.45, 7) is 1.76. The van der Waals surface area contributed by atoms with Crippen LogP contribution in [0.15, 0.2) is 71.6 Å². The van der Waals surface area contributed by atoms with Crippen molar-refractivity contribution >= 4 is 63.8 Å². The van der Waals surface area contributed by atoms with Crippen molar-refractivity contribution in [3.05, 3.63) is 103 Å². The van der Waals surface area contributed by atoms with E-state index in [2.05, 4.69) is 5.32 Å². The van der Waals surface area contributed by atoms with E-state index in [0.29, 0.717) is 29.5 Å². The average Bonchev–Trinajstić information content (AvgIpc) is 3.23. The number of non-ortho nitro benzene ring substituents is 1. The van der Waals surface area contributed by atoms with Crippen LogP contribution in [-0.4, -0.2) is 46.0 Å². The van der Waals surface area contributed by atoms with Gasteiger partial charge in [0.1, 0.15) is 18.9 Å². The number of carbonyl (C=O) groups excluding carboxylic acids is 4. The molecule has 42 heavy (non-hydrogen) atoms. The number of nitrogens with one attached hydrogen (secondary N) is 1. The number of hydrogen-bond acceptors (Lipinski definition) is 9. The molecule has 1 heterocycles. The maximum atomic E-state index is 12.9. The molecule has 216 valence electrons. The summed E-state index contributed by atoms with van der Waals surface area (Å²) >= 11 is 6.80. The number of anilines is 1. The third-order valence-corrected chi connectivity index (χ3v) is 7.05. The highest BCUT2D eigenvalue weighted by Crippen LogP contribution is 2.32. The number of benzene rings is 3. The molecule has 1 fully saturated rings. The van der Waals surface area contributed by atoms with E-state index in [0.717, 1.165) is 10.5 Å². The molecule has 0 radical (unpaired) electrons. The monoisotopic (exact) mass is 609 g/mol. The minimum Gasteiger partial charge on any atom is -0.489 e. The second-order valence-corrected chi connectivity index (χ2v) is 10.3. The summed E-state index contributed by atoms with van der Waals surface area (Å²) < 4.78 is 10.8. The molecule has 0 aromatic heterocycles. The summed E-state index contributed by atoms with van der Waals surface area (Å²) in [7, 11) is 0. The summed E-state index contributed by atoms with van der Waals surface area (Å²) in [6, 6.07) is 17.1. The standard InChI is InChI=1S/C29H24ClN3O8S/c1-2-13-40-28(36)23-15-20(7-12-24(23)30)31-26(34)16-32-27(35)25(42-29(32)37)14-18-5-10-22(11-6-18)41-17-19-3-8-21(9-4-19)33(38)39/h3-12,14-15H,2,13,16-17H2,1H3,(H,31,34)/b25-14+. The Hall–Kier alpha value is -4.68. The Balaban J connectivity index is 1.34. The van der Waals surface area contributed by atoms with Crippen LogP contribution in [-0.2, 0) is 20.9 Å². The van der Waals surface area contributed by atoms with Crippen molar-refractivity contribution in [1.29, 1.82) is 0 Å². The Morgan fingerprint density at radius 2 is 1.79 bits per heavy atom. The van der Waals surface area contributed by atoms with E-state index in [9.17, 15) is 29.3 Å². The van der Waals surface area contributed by atoms with Crippen molar-refractivity contribution in [2.75, 3.05) is 18.5 Å². The van der Waals surface area contributed by atoms with Gasteiger partial charge in [-0.2, -0.15) is 0 Å². The van der Waals surface area contributed by atoms with Crippen LogP contribution in [0.25, 0.3) is 6.08 Å². The van der Waals surface area contributed by atoms with Crippen LogP contribution in [0, 0.1) is 10.1 Å². The number of thioether (sulfide) groups is 1. The topological polar surface area (TPSA) is 145 Å². The molecule has 1 aliphatic heterocycles. The number of rotatable bonds is 11. The van der Waals surface area contributed by atoms with Crippen molar-refractivity contribution in [2.45, 2.75) is 20.0 Å². The Labute approximate surface area is 249 Å². The number of nitro benzene ring substituents is 1. The second kappa shape index (κ2) is 13.8. The van der Waals surface area contributed by atoms with Crippen molar-refractivity contribution in [3.63, 3.8) is 0 Å². The van der Waals surface area contributed by atoms with Gasteiger partial charge in [0, 0.05) is 17.8 Å². The molecule has 1 saturated heterocycles. The second-order valence-electron chi connectivity index (χ2n) is 8.93. The first kappa shape index (κ1) is 30.3. The number of imide groups is 1. The van der Waals surface area contributed by atoms with Crippen molar-refractivity contribution < 1.29 is 33.6 Å². The maximum Gasteiger partial charge on any atom is 0.339 e. The zero-order chi connectivity index (χ0) is 30.2. The third-order valence-electron chi connectivity index (χ3n) is 5.81. The predicted molar refractivity (Wildman–Crippen MR) is 157 cm³/mol. The number of halogens is 1. The number of esters is 1. The highest BCUT2D eigenvalue weighted by molar-refractivity contribution is 8.18. The fraction of sp³-hybridized carbons (Fsp3) is 0.172. The van der Waals surface area contributed by atoms with Gasteiger partial charge in [0.15, 0.2) is 0 Å². The van der Waals surface area contributed by atoms with Gasteiger partial charge in [-0.3, -0.25) is 29.4 Å². The molecular formula is C29H24ClN3O8S. The van der Waals surface area contributed by atoms with Crippen LogP contribution in [0.1, 0.15) is 34.8 Å². The molecule has 3 aromatic rings. The lowest BCUT2D eigenvalue weighted by Crippen LogP contribution is -2.36. The Bertz CT molecular complexity index is 1560. The zero-order valence-corrected chi connectivity index (χ0v) is 23.8. The molecule has 11 nitrogen and oxygen atoms in total. The smallest absolute Gasteiger partial charge is 0.339 e. The van der Waals surface area contributed by atoms with Gasteiger partial charge in [0.25, 0.3) is 16.8 Å². The number of nitro groups is 1. The lowest BCUT2D eigenvalue weighted by molar-refractivity contribution is -0.384. The third kappa shape index (κ3) is 7.74. The van der Waals surface area contributed by atoms with E-state index >= 15 is 0 Å². The highest BCUT2D eigenvalue weighted by Gasteiger charge is 2.36. The molecule has 0 aliphatic carbocycles. The first-order valence-electron chi connectivity index (χ1n) is 12.6. The van der Waals surface area contributed by atoms with E-state index in [-0.39, 0.29) is 40.1 Å². The molecule has 0 bridgehead atoms. The number of ether oxygens (including phenoxy) is 2. The molecule has 0 spiro atoms. The van der Waals surface area contributed by atoms with Crippen LogP contribution in [0.4, 0.5) is 16.2 Å². The SMILES string of the molecule is CCCOC(=O)c1cc(NC(=O)CN2C(=O)S/C(=C/c3ccc(OCc4ccc([N+](=O)[O-])cc4)cc3)C2=O)ccc1Cl. The lowest BCUT2D eigenvalue weighted by Gasteiger charge is -2.13. The number of nitrogens with zero attached hydrogens (tertiary/aromatic N) is 2. The van der Waals surface area contributed by atoms with Crippen molar-refractivity contribution in [3.8, 4) is 5.75 Å². The van der Waals surface area contributed by atoms with Gasteiger partial charge < -0.3 is 14.8 Å². The van der Waals surface area contributed by atoms with E-state index in [1.165, 1.54) is 36.4 Å². The Morgan fingerprint density at radius 3 is 2.45 bits per heavy atom. The van der Waals surface area contributed by atoms with Gasteiger partial charge in [-0.15, -0.1) is 0 Å². The number of amides is 3. The predicted octanol–water partition coefficient (Wildman–Crippen LogP) is 6.07. The molecule has 1 N–H and O–H groups in total. The normalized spacial score (nSPS) is 13.8. The molecule has 0 atom stereocenters. The van der Waals surface area contributed by atoms with Gasteiger partial charge in [0.2, 0.25) is 5.91 Å². The minimum atomic E-state index is -0.636. The first-order chi connectivity index (χ1) is 20.1. The fourth-order valence-electron chi connectivity index (χ4n) is 3.70. The van der Waals surface area contributed by atoms with Crippen molar-refractivity contribution in [1.82, 2.24) is 4.90 Å². The summed E-state index contributed by atoms with van der Waals surface area (Å²) in [5.74, 6) is -1.33. The quantitative estimate of drug-likeness (QED) is 0.118. The Kier molecular flexibility index (Phi) is 9.94. The van der Waals surface area contributed by atoms with Gasteiger partial charge in [-0.05, 0) is 77.9 Å². The molecular weight excluding hydrogens is 586 g/mol. The summed E-state index contributed by atoms with van der Waals surface area (Å²) in [5.41, 5.74) is 1.73. The van der Waals surface area contributed by atoms with E-state index in [1.807, 2.05) is 6.92 Å². The van der Waals surface area contributed by atoms with Gasteiger partial charge in [-0.25, -0.2) is 4.79 Å². The average molecular weight is 610 g/mol. The zero-order valence-electron chi connectivity index (χ0n) is 22.2. The summed E-state index contributed by atoms with van der Waals surface area (Å²) in [6.07, 6.45) is 2.17. The molecule has 3 aromatic carbocycles. The van der Waals surface area contributed by atoms with Gasteiger partial charge >= 0.3 is 5.97 Å². The van der Waals surface area contributed by atoms with Crippen LogP contribution >= 0.6 is 23.4 Å². The molecule has 4 rings (SSSR count). The highest BCUT2D eigenvalue weighted by atomic mass is 35.5. The summed E-state index contributed by atoms with van der Waals surface area (Å²) in [5, 5.41) is 12.9. The van der Waals surface area contributed by atoms with Crippen LogP contribution in [0.3, 0.4) is 0 Å². The van der Waals surface area contributed by atoms with Crippen molar-refractivity contribution in [2.24, 2.45) is 0 Å². The Morgan fingerprint density at radius 1 is 1.07 bits per heavy atom. The number of hydrogen-bond donors (Lipinski definition) is 1. The lowest BCUT2D eigenvalue weighted by atomic mass is 10.2. The van der Waals surface area contributed by atoms with Crippen LogP contribution in [0.2, 0.25) is 5.02 Å². The molecule has 0 saturated carbocycles. The molecule has 0 unspecified atom stereocenters. The van der Waals surface area contributed by atoms with Crippen LogP contribution in [0.5, 0.6) is 5.75 Å².